The largest absolute Gasteiger partial charge is 0.508 e. The molecule has 0 spiro atoms. The maximum atomic E-state index is 10.2. The van der Waals surface area contributed by atoms with Crippen LogP contribution in [0.3, 0.4) is 0 Å². The average molecular weight is 301 g/mol. The first-order chi connectivity index (χ1) is 9.95. The molecule has 0 saturated heterocycles. The van der Waals surface area contributed by atoms with Crippen LogP contribution in [-0.4, -0.2) is 40.0 Å². The predicted octanol–water partition coefficient (Wildman–Crippen LogP) is 1.17. The van der Waals surface area contributed by atoms with Gasteiger partial charge in [0.25, 0.3) is 0 Å². The fraction of sp³-hybridized carbons (Fsp3) is 0.200. The van der Waals surface area contributed by atoms with E-state index in [1.165, 1.54) is 30.3 Å². The minimum atomic E-state index is -0.933. The summed E-state index contributed by atoms with van der Waals surface area (Å²) in [6.07, 6.45) is -1.56. The molecule has 1 aliphatic heterocycles. The molecule has 6 nitrogen and oxygen atoms in total. The Balaban J connectivity index is 0.00000176. The van der Waals surface area contributed by atoms with Crippen LogP contribution in [0.25, 0.3) is 0 Å². The van der Waals surface area contributed by atoms with Crippen LogP contribution in [-0.2, 0) is 6.42 Å². The molecule has 22 heavy (non-hydrogen) atoms. The summed E-state index contributed by atoms with van der Waals surface area (Å²) < 4.78 is 5.62. The second kappa shape index (κ2) is 5.69. The van der Waals surface area contributed by atoms with E-state index in [4.69, 9.17) is 4.74 Å². The summed E-state index contributed by atoms with van der Waals surface area (Å²) in [5.41, 5.74) is 0.894. The van der Waals surface area contributed by atoms with Gasteiger partial charge in [0, 0.05) is 32.5 Å². The van der Waals surface area contributed by atoms with Crippen LogP contribution in [0.5, 0.6) is 28.7 Å². The van der Waals surface area contributed by atoms with Crippen molar-refractivity contribution >= 4 is 8.41 Å². The van der Waals surface area contributed by atoms with Crippen molar-refractivity contribution in [2.24, 2.45) is 0 Å². The van der Waals surface area contributed by atoms with Gasteiger partial charge in [0.05, 0.1) is 6.10 Å². The minimum Gasteiger partial charge on any atom is -0.508 e. The topological polar surface area (TPSA) is 110 Å². The van der Waals surface area contributed by atoms with Gasteiger partial charge in [-0.2, -0.15) is 0 Å². The van der Waals surface area contributed by atoms with Gasteiger partial charge in [-0.3, -0.25) is 0 Å². The third-order valence-corrected chi connectivity index (χ3v) is 3.51. The number of fused-ring (bicyclic) bond motifs is 1. The zero-order valence-electron chi connectivity index (χ0n) is 11.5. The molecular weight excluding hydrogens is 287 g/mol. The van der Waals surface area contributed by atoms with Gasteiger partial charge in [-0.15, -0.1) is 0 Å². The lowest BCUT2D eigenvalue weighted by Gasteiger charge is -2.31. The van der Waals surface area contributed by atoms with Crippen molar-refractivity contribution in [2.75, 3.05) is 0 Å². The Kier molecular flexibility index (Phi) is 4.10. The van der Waals surface area contributed by atoms with Gasteiger partial charge >= 0.3 is 0 Å². The molecule has 0 bridgehead atoms. The number of benzene rings is 2. The number of rotatable bonds is 1. The molecule has 0 saturated carbocycles. The summed E-state index contributed by atoms with van der Waals surface area (Å²) in [4.78, 5) is 0. The number of hydrogen-bond acceptors (Lipinski definition) is 6. The van der Waals surface area contributed by atoms with Gasteiger partial charge in [0.2, 0.25) is 0 Å². The highest BCUT2D eigenvalue weighted by Crippen LogP contribution is 2.42. The van der Waals surface area contributed by atoms with Gasteiger partial charge in [-0.1, -0.05) is 6.07 Å². The van der Waals surface area contributed by atoms with Crippen molar-refractivity contribution in [3.05, 3.63) is 41.5 Å². The van der Waals surface area contributed by atoms with Crippen molar-refractivity contribution < 1.29 is 30.3 Å². The Morgan fingerprint density at radius 3 is 2.32 bits per heavy atom. The first kappa shape index (κ1) is 15.8. The molecule has 0 amide bonds. The molecule has 0 aliphatic carbocycles. The highest BCUT2D eigenvalue weighted by molar-refractivity contribution is 5.75. The van der Waals surface area contributed by atoms with Crippen molar-refractivity contribution in [3.63, 3.8) is 0 Å². The molecule has 3 radical (unpaired) electrons. The number of phenols is 4. The third-order valence-electron chi connectivity index (χ3n) is 3.51. The van der Waals surface area contributed by atoms with E-state index >= 15 is 0 Å². The molecule has 2 aromatic rings. The second-order valence-corrected chi connectivity index (χ2v) is 5.00. The van der Waals surface area contributed by atoms with Gasteiger partial charge < -0.3 is 30.3 Å². The summed E-state index contributed by atoms with van der Waals surface area (Å²) in [5, 5.41) is 48.3. The van der Waals surface area contributed by atoms with Gasteiger partial charge in [0.15, 0.2) is 11.5 Å². The van der Waals surface area contributed by atoms with Crippen LogP contribution < -0.4 is 4.74 Å². The van der Waals surface area contributed by atoms with Crippen molar-refractivity contribution in [2.45, 2.75) is 18.6 Å². The Bertz CT molecular complexity index is 703. The maximum absolute atomic E-state index is 10.2. The fourth-order valence-corrected chi connectivity index (χ4v) is 2.47. The van der Waals surface area contributed by atoms with Crippen LogP contribution >= 0.6 is 0 Å². The quantitative estimate of drug-likeness (QED) is 0.399. The van der Waals surface area contributed by atoms with Gasteiger partial charge in [-0.05, 0) is 17.7 Å². The fourth-order valence-electron chi connectivity index (χ4n) is 2.47. The lowest BCUT2D eigenvalue weighted by atomic mass is 9.94. The summed E-state index contributed by atoms with van der Waals surface area (Å²) in [6.45, 7) is 0. The summed E-state index contributed by atoms with van der Waals surface area (Å²) in [6, 6.07) is 6.67. The molecule has 2 atom stereocenters. The van der Waals surface area contributed by atoms with Crippen LogP contribution in [0.2, 0.25) is 0 Å². The molecule has 0 fully saturated rings. The van der Waals surface area contributed by atoms with E-state index in [0.717, 1.165) is 0 Å². The molecule has 3 rings (SSSR count). The van der Waals surface area contributed by atoms with E-state index in [9.17, 15) is 25.5 Å². The van der Waals surface area contributed by atoms with E-state index in [0.29, 0.717) is 11.1 Å². The molecular formula is C15H14BO6. The van der Waals surface area contributed by atoms with Crippen LogP contribution in [0, 0.1) is 0 Å². The lowest BCUT2D eigenvalue weighted by Crippen LogP contribution is -2.30. The zero-order valence-corrected chi connectivity index (χ0v) is 11.5. The van der Waals surface area contributed by atoms with Crippen LogP contribution in [0.1, 0.15) is 17.2 Å². The van der Waals surface area contributed by atoms with Crippen LogP contribution in [0.15, 0.2) is 30.3 Å². The molecule has 1 heterocycles. The maximum Gasteiger partial charge on any atom is 0.157 e. The standard InChI is InChI=1S/C15H14O6.B/c16-8-4-11(18)9-6-13(20)15(21-14(9)5-8)7-1-2-10(17)12(19)3-7;/h1-5,13,15-20H,6H2;. The molecule has 0 aromatic heterocycles. The Morgan fingerprint density at radius 2 is 1.64 bits per heavy atom. The summed E-state index contributed by atoms with van der Waals surface area (Å²) >= 11 is 0. The number of hydrogen-bond donors (Lipinski definition) is 5. The molecule has 2 aromatic carbocycles. The summed E-state index contributed by atoms with van der Waals surface area (Å²) in [7, 11) is 0. The number of ether oxygens (including phenoxy) is 1. The predicted molar refractivity (Wildman–Crippen MR) is 78.4 cm³/mol. The highest BCUT2D eigenvalue weighted by atomic mass is 16.5. The molecule has 2 unspecified atom stereocenters. The van der Waals surface area contributed by atoms with Crippen LogP contribution in [0.4, 0.5) is 0 Å². The third kappa shape index (κ3) is 2.63. The Hall–Kier alpha value is -2.54. The SMILES string of the molecule is Oc1cc(O)c2c(c1)OC(c1ccc(O)c(O)c1)C(O)C2.[B]. The number of aliphatic hydroxyl groups excluding tert-OH is 1. The van der Waals surface area contributed by atoms with E-state index in [-0.39, 0.29) is 43.6 Å². The van der Waals surface area contributed by atoms with Crippen molar-refractivity contribution in [3.8, 4) is 28.7 Å². The highest BCUT2D eigenvalue weighted by Gasteiger charge is 2.32. The smallest absolute Gasteiger partial charge is 0.157 e. The van der Waals surface area contributed by atoms with E-state index < -0.39 is 12.2 Å². The van der Waals surface area contributed by atoms with E-state index in [2.05, 4.69) is 0 Å². The molecule has 7 heteroatoms. The number of aromatic hydroxyl groups is 4. The van der Waals surface area contributed by atoms with Crippen molar-refractivity contribution in [1.29, 1.82) is 0 Å². The first-order valence-corrected chi connectivity index (χ1v) is 6.37. The summed E-state index contributed by atoms with van der Waals surface area (Å²) in [5.74, 6) is -0.589. The van der Waals surface area contributed by atoms with Crippen molar-refractivity contribution in [1.82, 2.24) is 0 Å². The first-order valence-electron chi connectivity index (χ1n) is 6.37. The van der Waals surface area contributed by atoms with Gasteiger partial charge in [-0.25, -0.2) is 0 Å². The second-order valence-electron chi connectivity index (χ2n) is 5.00. The normalized spacial score (nSPS) is 19.7. The number of phenolic OH excluding ortho intramolecular Hbond substituents is 4. The molecule has 113 valence electrons. The van der Waals surface area contributed by atoms with E-state index in [1.54, 1.807) is 0 Å². The number of aliphatic hydroxyl groups is 1. The molecule has 1 aliphatic rings. The minimum absolute atomic E-state index is 0. The Labute approximate surface area is 128 Å². The monoisotopic (exact) mass is 301 g/mol. The lowest BCUT2D eigenvalue weighted by molar-refractivity contribution is 0.0197. The van der Waals surface area contributed by atoms with E-state index in [1.807, 2.05) is 0 Å². The van der Waals surface area contributed by atoms with Gasteiger partial charge in [0.1, 0.15) is 23.4 Å². The molecule has 5 N–H and O–H groups in total. The zero-order chi connectivity index (χ0) is 15.1. The average Bonchev–Trinajstić information content (AvgIpc) is 2.42. The Morgan fingerprint density at radius 1 is 0.909 bits per heavy atom.